The van der Waals surface area contributed by atoms with Crippen LogP contribution in [0.2, 0.25) is 0 Å². The molecule has 0 saturated carbocycles. The van der Waals surface area contributed by atoms with Crippen LogP contribution in [0.25, 0.3) is 0 Å². The van der Waals surface area contributed by atoms with Crippen molar-refractivity contribution in [3.63, 3.8) is 0 Å². The average Bonchev–Trinajstić information content (AvgIpc) is 3.04. The summed E-state index contributed by atoms with van der Waals surface area (Å²) in [5, 5.41) is 3.47. The highest BCUT2D eigenvalue weighted by Crippen LogP contribution is 2.22. The average molecular weight is 332 g/mol. The molecule has 4 nitrogen and oxygen atoms in total. The van der Waals surface area contributed by atoms with Gasteiger partial charge < -0.3 is 15.0 Å². The highest BCUT2D eigenvalue weighted by atomic mass is 16.5. The number of guanidine groups is 1. The lowest BCUT2D eigenvalue weighted by molar-refractivity contribution is 0.181. The second-order valence-electron chi connectivity index (χ2n) is 7.78. The molecule has 0 radical (unpaired) electrons. The van der Waals surface area contributed by atoms with Gasteiger partial charge in [-0.05, 0) is 29.4 Å². The summed E-state index contributed by atoms with van der Waals surface area (Å²) in [6, 6.07) is 8.97. The molecule has 1 fully saturated rings. The molecule has 24 heavy (non-hydrogen) atoms. The monoisotopic (exact) mass is 331 g/mol. The molecule has 1 aliphatic rings. The summed E-state index contributed by atoms with van der Waals surface area (Å²) in [4.78, 5) is 6.61. The van der Waals surface area contributed by atoms with Crippen molar-refractivity contribution < 1.29 is 4.74 Å². The normalized spacial score (nSPS) is 18.7. The topological polar surface area (TPSA) is 36.9 Å². The number of rotatable bonds is 5. The fourth-order valence-electron chi connectivity index (χ4n) is 3.08. The first-order chi connectivity index (χ1) is 11.4. The van der Waals surface area contributed by atoms with Crippen molar-refractivity contribution in [3.05, 3.63) is 35.4 Å². The number of aliphatic imine (C=N–C) groups is 1. The van der Waals surface area contributed by atoms with Crippen molar-refractivity contribution in [1.82, 2.24) is 10.2 Å². The van der Waals surface area contributed by atoms with E-state index in [0.29, 0.717) is 5.92 Å². The van der Waals surface area contributed by atoms with Gasteiger partial charge in [0.25, 0.3) is 0 Å². The number of nitrogens with zero attached hydrogens (tertiary/aromatic N) is 2. The predicted molar refractivity (Wildman–Crippen MR) is 102 cm³/mol. The summed E-state index contributed by atoms with van der Waals surface area (Å²) in [7, 11) is 3.95. The van der Waals surface area contributed by atoms with Gasteiger partial charge in [-0.1, -0.05) is 45.0 Å². The summed E-state index contributed by atoms with van der Waals surface area (Å²) in [6.07, 6.45) is 2.16. The molecule has 134 valence electrons. The SMILES string of the molecule is CN=C(NCCc1ccc(C(C)(C)C)cc1)N(C)CC1CCOC1. The molecule has 1 N–H and O–H groups in total. The highest BCUT2D eigenvalue weighted by Gasteiger charge is 2.19. The van der Waals surface area contributed by atoms with Crippen LogP contribution in [0.1, 0.15) is 38.3 Å². The number of hydrogen-bond donors (Lipinski definition) is 1. The minimum atomic E-state index is 0.214. The molecule has 1 aromatic rings. The van der Waals surface area contributed by atoms with Gasteiger partial charge in [0.05, 0.1) is 6.61 Å². The van der Waals surface area contributed by atoms with Crippen LogP contribution < -0.4 is 5.32 Å². The second kappa shape index (κ2) is 8.52. The molecule has 0 amide bonds. The number of hydrogen-bond acceptors (Lipinski definition) is 2. The Hall–Kier alpha value is -1.55. The molecule has 0 bridgehead atoms. The first-order valence-corrected chi connectivity index (χ1v) is 8.99. The summed E-state index contributed by atoms with van der Waals surface area (Å²) >= 11 is 0. The molecule has 0 spiro atoms. The maximum absolute atomic E-state index is 5.46. The van der Waals surface area contributed by atoms with E-state index in [9.17, 15) is 0 Å². The van der Waals surface area contributed by atoms with Crippen molar-refractivity contribution in [3.8, 4) is 0 Å². The quantitative estimate of drug-likeness (QED) is 0.665. The molecule has 1 heterocycles. The molecule has 4 heteroatoms. The van der Waals surface area contributed by atoms with Crippen molar-refractivity contribution >= 4 is 5.96 Å². The first-order valence-electron chi connectivity index (χ1n) is 8.99. The lowest BCUT2D eigenvalue weighted by atomic mass is 9.86. The van der Waals surface area contributed by atoms with Crippen molar-refractivity contribution in [2.75, 3.05) is 40.4 Å². The van der Waals surface area contributed by atoms with Crippen LogP contribution in [-0.2, 0) is 16.6 Å². The molecule has 1 atom stereocenters. The molecule has 1 saturated heterocycles. The lowest BCUT2D eigenvalue weighted by Gasteiger charge is -2.24. The largest absolute Gasteiger partial charge is 0.381 e. The lowest BCUT2D eigenvalue weighted by Crippen LogP contribution is -2.42. The maximum atomic E-state index is 5.46. The van der Waals surface area contributed by atoms with Gasteiger partial charge in [0, 0.05) is 39.7 Å². The third-order valence-electron chi connectivity index (χ3n) is 4.65. The van der Waals surface area contributed by atoms with Crippen molar-refractivity contribution in [2.24, 2.45) is 10.9 Å². The maximum Gasteiger partial charge on any atom is 0.193 e. The Kier molecular flexibility index (Phi) is 6.67. The van der Waals surface area contributed by atoms with E-state index in [2.05, 4.69) is 67.3 Å². The Balaban J connectivity index is 1.79. The van der Waals surface area contributed by atoms with E-state index in [4.69, 9.17) is 4.74 Å². The van der Waals surface area contributed by atoms with Gasteiger partial charge >= 0.3 is 0 Å². The molecular weight excluding hydrogens is 298 g/mol. The summed E-state index contributed by atoms with van der Waals surface area (Å²) in [6.45, 7) is 10.4. The van der Waals surface area contributed by atoms with Crippen molar-refractivity contribution in [2.45, 2.75) is 39.0 Å². The van der Waals surface area contributed by atoms with E-state index in [1.165, 1.54) is 11.1 Å². The van der Waals surface area contributed by atoms with E-state index < -0.39 is 0 Å². The minimum absolute atomic E-state index is 0.214. The predicted octanol–water partition coefficient (Wildman–Crippen LogP) is 3.07. The van der Waals surface area contributed by atoms with Crippen LogP contribution in [-0.4, -0.2) is 51.3 Å². The van der Waals surface area contributed by atoms with Crippen LogP contribution in [0.5, 0.6) is 0 Å². The van der Waals surface area contributed by atoms with E-state index in [1.54, 1.807) is 0 Å². The first kappa shape index (κ1) is 18.8. The Morgan fingerprint density at radius 3 is 2.54 bits per heavy atom. The molecule has 1 unspecified atom stereocenters. The van der Waals surface area contributed by atoms with Crippen LogP contribution >= 0.6 is 0 Å². The van der Waals surface area contributed by atoms with Gasteiger partial charge in [-0.15, -0.1) is 0 Å². The Morgan fingerprint density at radius 1 is 1.29 bits per heavy atom. The van der Waals surface area contributed by atoms with E-state index in [1.807, 2.05) is 7.05 Å². The molecule has 2 rings (SSSR count). The summed E-state index contributed by atoms with van der Waals surface area (Å²) in [5.74, 6) is 1.59. The Labute approximate surface area is 147 Å². The number of benzene rings is 1. The zero-order valence-electron chi connectivity index (χ0n) is 15.9. The van der Waals surface area contributed by atoms with Gasteiger partial charge in [-0.3, -0.25) is 4.99 Å². The highest BCUT2D eigenvalue weighted by molar-refractivity contribution is 5.79. The zero-order valence-corrected chi connectivity index (χ0v) is 15.9. The third-order valence-corrected chi connectivity index (χ3v) is 4.65. The van der Waals surface area contributed by atoms with Crippen molar-refractivity contribution in [1.29, 1.82) is 0 Å². The van der Waals surface area contributed by atoms with E-state index >= 15 is 0 Å². The minimum Gasteiger partial charge on any atom is -0.381 e. The van der Waals surface area contributed by atoms with Gasteiger partial charge in [-0.2, -0.15) is 0 Å². The fourth-order valence-corrected chi connectivity index (χ4v) is 3.08. The number of ether oxygens (including phenoxy) is 1. The van der Waals surface area contributed by atoms with Crippen LogP contribution in [0.3, 0.4) is 0 Å². The van der Waals surface area contributed by atoms with Gasteiger partial charge in [0.15, 0.2) is 5.96 Å². The smallest absolute Gasteiger partial charge is 0.193 e. The molecule has 0 aromatic heterocycles. The van der Waals surface area contributed by atoms with Gasteiger partial charge in [0.2, 0.25) is 0 Å². The summed E-state index contributed by atoms with van der Waals surface area (Å²) in [5.41, 5.74) is 2.96. The Bertz CT molecular complexity index is 525. The van der Waals surface area contributed by atoms with Crippen LogP contribution in [0.4, 0.5) is 0 Å². The molecular formula is C20H33N3O. The molecule has 1 aliphatic heterocycles. The van der Waals surface area contributed by atoms with Crippen LogP contribution in [0.15, 0.2) is 29.3 Å². The molecule has 1 aromatic carbocycles. The number of nitrogens with one attached hydrogen (secondary N) is 1. The fraction of sp³-hybridized carbons (Fsp3) is 0.650. The van der Waals surface area contributed by atoms with Gasteiger partial charge in [0.1, 0.15) is 0 Å². The second-order valence-corrected chi connectivity index (χ2v) is 7.78. The van der Waals surface area contributed by atoms with E-state index in [-0.39, 0.29) is 5.41 Å². The van der Waals surface area contributed by atoms with Crippen LogP contribution in [0, 0.1) is 5.92 Å². The van der Waals surface area contributed by atoms with E-state index in [0.717, 1.165) is 45.1 Å². The van der Waals surface area contributed by atoms with Gasteiger partial charge in [-0.25, -0.2) is 0 Å². The third kappa shape index (κ3) is 5.52. The standard InChI is InChI=1S/C20H33N3O/c1-20(2,3)18-8-6-16(7-9-18)10-12-22-19(21-4)23(5)14-17-11-13-24-15-17/h6-9,17H,10-15H2,1-5H3,(H,21,22). The summed E-state index contributed by atoms with van der Waals surface area (Å²) < 4.78 is 5.46. The molecule has 0 aliphatic carbocycles. The zero-order chi connectivity index (χ0) is 17.6. The Morgan fingerprint density at radius 2 is 2.00 bits per heavy atom.